The van der Waals surface area contributed by atoms with E-state index in [1.807, 2.05) is 54.6 Å². The average Bonchev–Trinajstić information content (AvgIpc) is 3.27. The molecule has 5 aromatic rings. The topological polar surface area (TPSA) is 34.0 Å². The Morgan fingerprint density at radius 1 is 0.750 bits per heavy atom. The number of nitrogens with one attached hydrogen (secondary N) is 1. The quantitative estimate of drug-likeness (QED) is 0.260. The van der Waals surface area contributed by atoms with Crippen LogP contribution in [0.5, 0.6) is 0 Å². The van der Waals surface area contributed by atoms with Crippen LogP contribution in [0.4, 0.5) is 8.78 Å². The summed E-state index contributed by atoms with van der Waals surface area (Å²) < 4.78 is 29.3. The molecule has 0 fully saturated rings. The first-order chi connectivity index (χ1) is 17.6. The van der Waals surface area contributed by atoms with Crippen molar-refractivity contribution in [1.29, 1.82) is 0 Å². The Labute approximate surface area is 209 Å². The number of aromatic nitrogens is 1. The van der Waals surface area contributed by atoms with Gasteiger partial charge in [-0.25, -0.2) is 8.78 Å². The van der Waals surface area contributed by atoms with Crippen molar-refractivity contribution >= 4 is 16.8 Å². The Balaban J connectivity index is 1.49. The maximum atomic E-state index is 13.7. The molecule has 1 aromatic heterocycles. The van der Waals surface area contributed by atoms with E-state index < -0.39 is 0 Å². The van der Waals surface area contributed by atoms with Gasteiger partial charge in [-0.05, 0) is 52.6 Å². The third-order valence-electron chi connectivity index (χ3n) is 6.46. The molecule has 0 aliphatic rings. The standard InChI is InChI=1S/C31H26F2N2O/c32-25-14-10-23(11-15-25)20-35-21-29(27-8-4-5-9-30(27)35)28(24-12-16-26(33)17-13-24)18-31(36)34-19-22-6-2-1-3-7-22/h1-17,21,28H,18-20H2,(H,34,36)/t28-/m1/s1. The Kier molecular flexibility index (Phi) is 6.89. The highest BCUT2D eigenvalue weighted by Gasteiger charge is 2.23. The van der Waals surface area contributed by atoms with Gasteiger partial charge in [-0.15, -0.1) is 0 Å². The minimum atomic E-state index is -0.315. The summed E-state index contributed by atoms with van der Waals surface area (Å²) in [4.78, 5) is 13.1. The smallest absolute Gasteiger partial charge is 0.221 e. The fourth-order valence-electron chi connectivity index (χ4n) is 4.63. The zero-order valence-corrected chi connectivity index (χ0v) is 19.7. The summed E-state index contributed by atoms with van der Waals surface area (Å²) in [7, 11) is 0. The van der Waals surface area contributed by atoms with Gasteiger partial charge in [-0.3, -0.25) is 4.79 Å². The van der Waals surface area contributed by atoms with Crippen molar-refractivity contribution in [1.82, 2.24) is 9.88 Å². The van der Waals surface area contributed by atoms with Crippen molar-refractivity contribution in [2.45, 2.75) is 25.4 Å². The van der Waals surface area contributed by atoms with Gasteiger partial charge in [-0.1, -0.05) is 72.8 Å². The fourth-order valence-corrected chi connectivity index (χ4v) is 4.63. The summed E-state index contributed by atoms with van der Waals surface area (Å²) in [6.07, 6.45) is 2.29. The van der Waals surface area contributed by atoms with Gasteiger partial charge in [0.1, 0.15) is 11.6 Å². The van der Waals surface area contributed by atoms with E-state index in [-0.39, 0.29) is 29.9 Å². The first kappa shape index (κ1) is 23.5. The number of fused-ring (bicyclic) bond motifs is 1. The third-order valence-corrected chi connectivity index (χ3v) is 6.46. The lowest BCUT2D eigenvalue weighted by atomic mass is 9.88. The van der Waals surface area contributed by atoms with Crippen LogP contribution in [-0.2, 0) is 17.9 Å². The van der Waals surface area contributed by atoms with E-state index in [2.05, 4.69) is 16.1 Å². The molecule has 1 N–H and O–H groups in total. The van der Waals surface area contributed by atoms with E-state index >= 15 is 0 Å². The Morgan fingerprint density at radius 3 is 2.11 bits per heavy atom. The maximum absolute atomic E-state index is 13.7. The van der Waals surface area contributed by atoms with Gasteiger partial charge in [-0.2, -0.15) is 0 Å². The molecule has 4 aromatic carbocycles. The van der Waals surface area contributed by atoms with Crippen molar-refractivity contribution in [3.8, 4) is 0 Å². The number of benzene rings is 4. The molecule has 1 amide bonds. The lowest BCUT2D eigenvalue weighted by Crippen LogP contribution is -2.25. The van der Waals surface area contributed by atoms with Gasteiger partial charge in [0.2, 0.25) is 5.91 Å². The van der Waals surface area contributed by atoms with Crippen molar-refractivity contribution in [2.24, 2.45) is 0 Å². The molecule has 0 spiro atoms. The second-order valence-electron chi connectivity index (χ2n) is 8.93. The average molecular weight is 481 g/mol. The normalized spacial score (nSPS) is 11.9. The number of carbonyl (C=O) groups excluding carboxylic acids is 1. The van der Waals surface area contributed by atoms with Crippen LogP contribution < -0.4 is 5.32 Å². The summed E-state index contributed by atoms with van der Waals surface area (Å²) in [5, 5.41) is 4.06. The number of rotatable bonds is 8. The van der Waals surface area contributed by atoms with Crippen LogP contribution >= 0.6 is 0 Å². The van der Waals surface area contributed by atoms with Gasteiger partial charge in [0.05, 0.1) is 0 Å². The number of nitrogens with zero attached hydrogens (tertiary/aromatic N) is 1. The highest BCUT2D eigenvalue weighted by atomic mass is 19.1. The number of amides is 1. The molecule has 0 aliphatic heterocycles. The molecular weight excluding hydrogens is 454 g/mol. The van der Waals surface area contributed by atoms with E-state index in [9.17, 15) is 13.6 Å². The molecule has 0 unspecified atom stereocenters. The zero-order valence-electron chi connectivity index (χ0n) is 19.7. The summed E-state index contributed by atoms with van der Waals surface area (Å²) in [6, 6.07) is 30.6. The van der Waals surface area contributed by atoms with E-state index in [4.69, 9.17) is 0 Å². The number of hydrogen-bond acceptors (Lipinski definition) is 1. The lowest BCUT2D eigenvalue weighted by Gasteiger charge is -2.17. The minimum Gasteiger partial charge on any atom is -0.352 e. The van der Waals surface area contributed by atoms with Crippen LogP contribution in [0.25, 0.3) is 10.9 Å². The Hall–Kier alpha value is -4.25. The summed E-state index contributed by atoms with van der Waals surface area (Å²) >= 11 is 0. The predicted molar refractivity (Wildman–Crippen MR) is 139 cm³/mol. The fraction of sp³-hybridized carbons (Fsp3) is 0.129. The van der Waals surface area contributed by atoms with E-state index in [1.54, 1.807) is 24.3 Å². The van der Waals surface area contributed by atoms with Crippen LogP contribution in [-0.4, -0.2) is 10.5 Å². The van der Waals surface area contributed by atoms with E-state index in [1.165, 1.54) is 24.3 Å². The van der Waals surface area contributed by atoms with Gasteiger partial charge in [0.15, 0.2) is 0 Å². The monoisotopic (exact) mass is 480 g/mol. The summed E-state index contributed by atoms with van der Waals surface area (Å²) in [6.45, 7) is 1.01. The highest BCUT2D eigenvalue weighted by molar-refractivity contribution is 5.86. The van der Waals surface area contributed by atoms with Gasteiger partial charge >= 0.3 is 0 Å². The molecule has 3 nitrogen and oxygen atoms in total. The molecule has 180 valence electrons. The molecule has 0 saturated carbocycles. The SMILES string of the molecule is O=C(C[C@H](c1ccc(F)cc1)c1cn(Cc2ccc(F)cc2)c2ccccc12)NCc1ccccc1. The number of hydrogen-bond donors (Lipinski definition) is 1. The molecular formula is C31H26F2N2O. The number of para-hydroxylation sites is 1. The molecule has 5 heteroatoms. The predicted octanol–water partition coefficient (Wildman–Crippen LogP) is 6.81. The molecule has 0 aliphatic carbocycles. The van der Waals surface area contributed by atoms with E-state index in [0.717, 1.165) is 33.2 Å². The third kappa shape index (κ3) is 5.36. The molecule has 1 atom stereocenters. The largest absolute Gasteiger partial charge is 0.352 e. The van der Waals surface area contributed by atoms with E-state index in [0.29, 0.717) is 13.1 Å². The van der Waals surface area contributed by atoms with Crippen LogP contribution in [0.1, 0.15) is 34.6 Å². The molecule has 0 saturated heterocycles. The van der Waals surface area contributed by atoms with Crippen LogP contribution in [0.15, 0.2) is 109 Å². The van der Waals surface area contributed by atoms with Crippen molar-refractivity contribution in [2.75, 3.05) is 0 Å². The molecule has 5 rings (SSSR count). The van der Waals surface area contributed by atoms with Crippen molar-refractivity contribution < 1.29 is 13.6 Å². The van der Waals surface area contributed by atoms with Crippen LogP contribution in [0.3, 0.4) is 0 Å². The second-order valence-corrected chi connectivity index (χ2v) is 8.93. The first-order valence-electron chi connectivity index (χ1n) is 11.9. The molecule has 0 radical (unpaired) electrons. The van der Waals surface area contributed by atoms with Gasteiger partial charge < -0.3 is 9.88 Å². The maximum Gasteiger partial charge on any atom is 0.221 e. The molecule has 1 heterocycles. The molecule has 36 heavy (non-hydrogen) atoms. The first-order valence-corrected chi connectivity index (χ1v) is 11.9. The summed E-state index contributed by atoms with van der Waals surface area (Å²) in [5.74, 6) is -0.927. The van der Waals surface area contributed by atoms with Gasteiger partial charge in [0, 0.05) is 42.5 Å². The molecule has 0 bridgehead atoms. The Bertz CT molecular complexity index is 1460. The van der Waals surface area contributed by atoms with Crippen molar-refractivity contribution in [3.05, 3.63) is 143 Å². The van der Waals surface area contributed by atoms with Gasteiger partial charge in [0.25, 0.3) is 0 Å². The van der Waals surface area contributed by atoms with Crippen LogP contribution in [0.2, 0.25) is 0 Å². The number of halogens is 2. The summed E-state index contributed by atoms with van der Waals surface area (Å²) in [5.41, 5.74) is 4.89. The minimum absolute atomic E-state index is 0.0801. The number of carbonyl (C=O) groups is 1. The highest BCUT2D eigenvalue weighted by Crippen LogP contribution is 2.35. The zero-order chi connectivity index (χ0) is 24.9. The Morgan fingerprint density at radius 2 is 1.39 bits per heavy atom. The second kappa shape index (κ2) is 10.6. The lowest BCUT2D eigenvalue weighted by molar-refractivity contribution is -0.121. The van der Waals surface area contributed by atoms with Crippen LogP contribution in [0, 0.1) is 11.6 Å². The van der Waals surface area contributed by atoms with Crippen molar-refractivity contribution in [3.63, 3.8) is 0 Å².